The third-order valence-electron chi connectivity index (χ3n) is 2.26. The Kier molecular flexibility index (Phi) is 2.65. The van der Waals surface area contributed by atoms with Crippen LogP contribution < -0.4 is 10.6 Å². The third kappa shape index (κ3) is 1.86. The van der Waals surface area contributed by atoms with E-state index >= 15 is 0 Å². The van der Waals surface area contributed by atoms with E-state index in [1.165, 1.54) is 5.56 Å². The lowest BCUT2D eigenvalue weighted by Crippen LogP contribution is -2.21. The highest BCUT2D eigenvalue weighted by Crippen LogP contribution is 2.23. The highest BCUT2D eigenvalue weighted by molar-refractivity contribution is 5.80. The highest BCUT2D eigenvalue weighted by atomic mass is 15.1. The fourth-order valence-electron chi connectivity index (χ4n) is 1.52. The lowest BCUT2D eigenvalue weighted by Gasteiger charge is -2.10. The summed E-state index contributed by atoms with van der Waals surface area (Å²) in [6.07, 6.45) is 4.14. The molecule has 0 aliphatic carbocycles. The van der Waals surface area contributed by atoms with Gasteiger partial charge in [-0.1, -0.05) is 36.9 Å². The zero-order chi connectivity index (χ0) is 9.80. The van der Waals surface area contributed by atoms with Crippen molar-refractivity contribution in [2.75, 3.05) is 18.5 Å². The number of hydrogen-bond acceptors (Lipinski definition) is 2. The molecule has 0 fully saturated rings. The van der Waals surface area contributed by atoms with E-state index in [9.17, 15) is 0 Å². The van der Waals surface area contributed by atoms with Crippen LogP contribution in [0.15, 0.2) is 43.0 Å². The van der Waals surface area contributed by atoms with Crippen molar-refractivity contribution in [2.24, 2.45) is 0 Å². The van der Waals surface area contributed by atoms with Crippen LogP contribution in [0.5, 0.6) is 0 Å². The van der Waals surface area contributed by atoms with E-state index in [1.807, 2.05) is 12.1 Å². The lowest BCUT2D eigenvalue weighted by molar-refractivity contribution is 0.810. The third-order valence-corrected chi connectivity index (χ3v) is 2.26. The van der Waals surface area contributed by atoms with Gasteiger partial charge in [0.2, 0.25) is 0 Å². The minimum absolute atomic E-state index is 0.786. The first-order valence-corrected chi connectivity index (χ1v) is 4.77. The standard InChI is InChI=1S/C12H14N2/c1-10-5-4-8-13-9-14-12-7-3-2-6-11(10)12/h2-7,13-14H,1,8-9H2/b5-4-. The molecule has 0 unspecified atom stereocenters. The smallest absolute Gasteiger partial charge is 0.0655 e. The Morgan fingerprint density at radius 3 is 3.00 bits per heavy atom. The molecule has 2 rings (SSSR count). The molecule has 1 aliphatic heterocycles. The Labute approximate surface area is 84.3 Å². The summed E-state index contributed by atoms with van der Waals surface area (Å²) >= 11 is 0. The molecule has 14 heavy (non-hydrogen) atoms. The summed E-state index contributed by atoms with van der Waals surface area (Å²) in [4.78, 5) is 0. The Morgan fingerprint density at radius 1 is 1.21 bits per heavy atom. The second-order valence-electron chi connectivity index (χ2n) is 3.28. The van der Waals surface area contributed by atoms with Crippen molar-refractivity contribution in [2.45, 2.75) is 0 Å². The summed E-state index contributed by atoms with van der Waals surface area (Å²) < 4.78 is 0. The van der Waals surface area contributed by atoms with Crippen molar-refractivity contribution in [3.63, 3.8) is 0 Å². The van der Waals surface area contributed by atoms with Crippen LogP contribution in [0.4, 0.5) is 5.69 Å². The van der Waals surface area contributed by atoms with Crippen molar-refractivity contribution < 1.29 is 0 Å². The topological polar surface area (TPSA) is 24.1 Å². The van der Waals surface area contributed by atoms with Gasteiger partial charge in [-0.15, -0.1) is 0 Å². The molecule has 0 atom stereocenters. The van der Waals surface area contributed by atoms with Gasteiger partial charge in [0, 0.05) is 17.8 Å². The van der Waals surface area contributed by atoms with Crippen LogP contribution >= 0.6 is 0 Å². The van der Waals surface area contributed by atoms with Crippen LogP contribution in [0, 0.1) is 0 Å². The average Bonchev–Trinajstić information content (AvgIpc) is 2.30. The molecule has 72 valence electrons. The molecule has 1 aliphatic rings. The lowest BCUT2D eigenvalue weighted by atomic mass is 10.1. The van der Waals surface area contributed by atoms with Gasteiger partial charge in [0.05, 0.1) is 6.67 Å². The van der Waals surface area contributed by atoms with E-state index in [2.05, 4.69) is 41.5 Å². The van der Waals surface area contributed by atoms with Crippen molar-refractivity contribution in [3.8, 4) is 0 Å². The summed E-state index contributed by atoms with van der Waals surface area (Å²) in [5.74, 6) is 0. The number of allylic oxidation sites excluding steroid dienone is 2. The fraction of sp³-hybridized carbons (Fsp3) is 0.167. The minimum atomic E-state index is 0.786. The summed E-state index contributed by atoms with van der Waals surface area (Å²) in [6.45, 7) is 5.71. The van der Waals surface area contributed by atoms with Crippen LogP contribution in [-0.2, 0) is 0 Å². The normalized spacial score (nSPS) is 18.4. The van der Waals surface area contributed by atoms with E-state index in [1.54, 1.807) is 0 Å². The number of anilines is 1. The van der Waals surface area contributed by atoms with Gasteiger partial charge in [-0.25, -0.2) is 0 Å². The first-order chi connectivity index (χ1) is 6.88. The molecule has 0 spiro atoms. The van der Waals surface area contributed by atoms with E-state index in [0.717, 1.165) is 24.5 Å². The minimum Gasteiger partial charge on any atom is -0.372 e. The van der Waals surface area contributed by atoms with Crippen LogP contribution in [-0.4, -0.2) is 13.2 Å². The summed E-state index contributed by atoms with van der Waals surface area (Å²) in [5.41, 5.74) is 3.36. The number of para-hydroxylation sites is 1. The monoisotopic (exact) mass is 186 g/mol. The summed E-state index contributed by atoms with van der Waals surface area (Å²) in [6, 6.07) is 8.22. The van der Waals surface area contributed by atoms with Crippen LogP contribution in [0.2, 0.25) is 0 Å². The zero-order valence-corrected chi connectivity index (χ0v) is 8.09. The molecule has 0 bridgehead atoms. The first-order valence-electron chi connectivity index (χ1n) is 4.77. The van der Waals surface area contributed by atoms with Gasteiger partial charge in [-0.3, -0.25) is 5.32 Å². The molecule has 0 saturated carbocycles. The molecule has 1 heterocycles. The predicted molar refractivity (Wildman–Crippen MR) is 61.1 cm³/mol. The SMILES string of the molecule is C=C1/C=C\CNCNc2ccccc21. The number of fused-ring (bicyclic) bond motifs is 1. The Bertz CT molecular complexity index is 366. The number of rotatable bonds is 0. The molecule has 2 N–H and O–H groups in total. The van der Waals surface area contributed by atoms with Crippen LogP contribution in [0.25, 0.3) is 5.57 Å². The van der Waals surface area contributed by atoms with Crippen LogP contribution in [0.1, 0.15) is 5.56 Å². The van der Waals surface area contributed by atoms with Crippen LogP contribution in [0.3, 0.4) is 0 Å². The average molecular weight is 186 g/mol. The molecule has 2 heteroatoms. The largest absolute Gasteiger partial charge is 0.372 e. The van der Waals surface area contributed by atoms with Crippen molar-refractivity contribution in [3.05, 3.63) is 48.6 Å². The fourth-order valence-corrected chi connectivity index (χ4v) is 1.52. The van der Waals surface area contributed by atoms with Gasteiger partial charge >= 0.3 is 0 Å². The predicted octanol–water partition coefficient (Wildman–Crippen LogP) is 2.23. The number of hydrogen-bond donors (Lipinski definition) is 2. The van der Waals surface area contributed by atoms with Crippen molar-refractivity contribution in [1.29, 1.82) is 0 Å². The second-order valence-corrected chi connectivity index (χ2v) is 3.28. The Morgan fingerprint density at radius 2 is 2.07 bits per heavy atom. The zero-order valence-electron chi connectivity index (χ0n) is 8.09. The number of nitrogens with one attached hydrogen (secondary N) is 2. The van der Waals surface area contributed by atoms with Gasteiger partial charge in [-0.2, -0.15) is 0 Å². The summed E-state index contributed by atoms with van der Waals surface area (Å²) in [5, 5.41) is 6.57. The number of benzene rings is 1. The van der Waals surface area contributed by atoms with Gasteiger partial charge < -0.3 is 5.32 Å². The quantitative estimate of drug-likeness (QED) is 0.649. The molecule has 1 aromatic rings. The molecule has 1 aromatic carbocycles. The first kappa shape index (κ1) is 9.03. The summed E-state index contributed by atoms with van der Waals surface area (Å²) in [7, 11) is 0. The van der Waals surface area contributed by atoms with Gasteiger partial charge in [-0.05, 0) is 11.6 Å². The Hall–Kier alpha value is -1.54. The van der Waals surface area contributed by atoms with Gasteiger partial charge in [0.1, 0.15) is 0 Å². The van der Waals surface area contributed by atoms with E-state index in [0.29, 0.717) is 0 Å². The highest BCUT2D eigenvalue weighted by Gasteiger charge is 2.03. The molecule has 0 radical (unpaired) electrons. The molecule has 0 amide bonds. The molecule has 0 aromatic heterocycles. The van der Waals surface area contributed by atoms with E-state index < -0.39 is 0 Å². The second kappa shape index (κ2) is 4.11. The van der Waals surface area contributed by atoms with Gasteiger partial charge in [0.15, 0.2) is 0 Å². The molecule has 0 saturated heterocycles. The molecular weight excluding hydrogens is 172 g/mol. The Balaban J connectivity index is 2.39. The van der Waals surface area contributed by atoms with Crippen molar-refractivity contribution in [1.82, 2.24) is 5.32 Å². The maximum atomic E-state index is 4.04. The van der Waals surface area contributed by atoms with Gasteiger partial charge in [0.25, 0.3) is 0 Å². The van der Waals surface area contributed by atoms with E-state index in [-0.39, 0.29) is 0 Å². The molecule has 2 nitrogen and oxygen atoms in total. The molecular formula is C12H14N2. The maximum absolute atomic E-state index is 4.04. The maximum Gasteiger partial charge on any atom is 0.0655 e. The van der Waals surface area contributed by atoms with E-state index in [4.69, 9.17) is 0 Å². The van der Waals surface area contributed by atoms with Crippen molar-refractivity contribution >= 4 is 11.3 Å².